The number of nitrogens with zero attached hydrogens (tertiary/aromatic N) is 2. The van der Waals surface area contributed by atoms with Gasteiger partial charge in [0.1, 0.15) is 0 Å². The number of nitrogens with one attached hydrogen (secondary N) is 1. The molecular formula is C10H9BrN4O3S2. The molecule has 7 nitrogen and oxygen atoms in total. The van der Waals surface area contributed by atoms with E-state index in [2.05, 4.69) is 25.6 Å². The number of hydrogen-bond acceptors (Lipinski definition) is 5. The minimum Gasteiger partial charge on any atom is -0.351 e. The standard InChI is InChI=1S/C10H9BrN4O3S2/c11-8-5-13-10(19-8)15(9(12)16)7-3-1-6(2-4-7)14-20(17)18/h1-5,20H,(H2,12,16)(H,14,17,18). The number of nitrogens with two attached hydrogens (primary N) is 1. The Hall–Kier alpha value is -1.65. The van der Waals surface area contributed by atoms with Gasteiger partial charge in [-0.05, 0) is 40.2 Å². The van der Waals surface area contributed by atoms with Crippen molar-refractivity contribution in [3.05, 3.63) is 34.2 Å². The molecule has 1 aromatic carbocycles. The van der Waals surface area contributed by atoms with Crippen LogP contribution in [-0.2, 0) is 10.9 Å². The van der Waals surface area contributed by atoms with Gasteiger partial charge in [0, 0.05) is 5.69 Å². The first-order valence-corrected chi connectivity index (χ1v) is 7.98. The Balaban J connectivity index is 2.33. The van der Waals surface area contributed by atoms with Crippen molar-refractivity contribution >= 4 is 60.7 Å². The maximum Gasteiger partial charge on any atom is 0.325 e. The van der Waals surface area contributed by atoms with E-state index in [1.54, 1.807) is 18.3 Å². The highest BCUT2D eigenvalue weighted by Gasteiger charge is 2.18. The summed E-state index contributed by atoms with van der Waals surface area (Å²) in [6.45, 7) is 0. The van der Waals surface area contributed by atoms with Crippen LogP contribution in [0.3, 0.4) is 0 Å². The van der Waals surface area contributed by atoms with Gasteiger partial charge in [-0.1, -0.05) is 11.3 Å². The Morgan fingerprint density at radius 2 is 2.00 bits per heavy atom. The fourth-order valence-electron chi connectivity index (χ4n) is 1.47. The lowest BCUT2D eigenvalue weighted by Crippen LogP contribution is -2.31. The molecule has 106 valence electrons. The Kier molecular flexibility index (Phi) is 4.57. The smallest absolute Gasteiger partial charge is 0.325 e. The van der Waals surface area contributed by atoms with Crippen LogP contribution in [0, 0.1) is 0 Å². The molecule has 0 fully saturated rings. The van der Waals surface area contributed by atoms with Crippen molar-refractivity contribution in [2.24, 2.45) is 5.73 Å². The topological polar surface area (TPSA) is 105 Å². The molecule has 1 heterocycles. The number of rotatable bonds is 4. The van der Waals surface area contributed by atoms with E-state index in [1.165, 1.54) is 28.4 Å². The van der Waals surface area contributed by atoms with Crippen LogP contribution in [0.25, 0.3) is 0 Å². The summed E-state index contributed by atoms with van der Waals surface area (Å²) >= 11 is 4.51. The zero-order chi connectivity index (χ0) is 14.7. The van der Waals surface area contributed by atoms with Crippen LogP contribution in [-0.4, -0.2) is 19.4 Å². The van der Waals surface area contributed by atoms with Crippen molar-refractivity contribution < 1.29 is 13.2 Å². The lowest BCUT2D eigenvalue weighted by molar-refractivity contribution is 0.256. The van der Waals surface area contributed by atoms with E-state index < -0.39 is 16.9 Å². The van der Waals surface area contributed by atoms with Gasteiger partial charge in [0.2, 0.25) is 10.9 Å². The second-order valence-corrected chi connectivity index (χ2v) is 6.66. The molecule has 10 heteroatoms. The molecule has 1 aromatic heterocycles. The second kappa shape index (κ2) is 6.20. The maximum absolute atomic E-state index is 11.6. The van der Waals surface area contributed by atoms with Crippen molar-refractivity contribution in [2.75, 3.05) is 9.62 Å². The highest BCUT2D eigenvalue weighted by Crippen LogP contribution is 2.32. The first-order valence-electron chi connectivity index (χ1n) is 5.19. The third kappa shape index (κ3) is 3.46. The van der Waals surface area contributed by atoms with Crippen LogP contribution in [0.2, 0.25) is 0 Å². The second-order valence-electron chi connectivity index (χ2n) is 3.54. The van der Waals surface area contributed by atoms with Crippen molar-refractivity contribution in [1.29, 1.82) is 0 Å². The Morgan fingerprint density at radius 3 is 2.45 bits per heavy atom. The molecule has 0 bridgehead atoms. The van der Waals surface area contributed by atoms with E-state index in [9.17, 15) is 13.2 Å². The Bertz CT molecular complexity index is 691. The van der Waals surface area contributed by atoms with Crippen molar-refractivity contribution in [2.45, 2.75) is 0 Å². The molecule has 3 N–H and O–H groups in total. The monoisotopic (exact) mass is 376 g/mol. The largest absolute Gasteiger partial charge is 0.351 e. The molecular weight excluding hydrogens is 368 g/mol. The number of carbonyl (C=O) groups excluding carboxylic acids is 1. The van der Waals surface area contributed by atoms with Gasteiger partial charge in [-0.15, -0.1) is 0 Å². The van der Waals surface area contributed by atoms with Crippen LogP contribution >= 0.6 is 27.3 Å². The number of aromatic nitrogens is 1. The van der Waals surface area contributed by atoms with Crippen LogP contribution in [0.4, 0.5) is 21.3 Å². The van der Waals surface area contributed by atoms with Crippen LogP contribution in [0.5, 0.6) is 0 Å². The van der Waals surface area contributed by atoms with E-state index >= 15 is 0 Å². The predicted octanol–water partition coefficient (Wildman–Crippen LogP) is 2.06. The summed E-state index contributed by atoms with van der Waals surface area (Å²) in [7, 11) is -2.73. The third-order valence-corrected chi connectivity index (χ3v) is 4.12. The molecule has 0 unspecified atom stereocenters. The van der Waals surface area contributed by atoms with Gasteiger partial charge in [0.15, 0.2) is 5.13 Å². The molecule has 0 spiro atoms. The van der Waals surface area contributed by atoms with Gasteiger partial charge in [-0.25, -0.2) is 23.1 Å². The number of urea groups is 1. The van der Waals surface area contributed by atoms with Crippen molar-refractivity contribution in [1.82, 2.24) is 4.98 Å². The zero-order valence-corrected chi connectivity index (χ0v) is 13.1. The molecule has 0 saturated carbocycles. The zero-order valence-electron chi connectivity index (χ0n) is 9.82. The van der Waals surface area contributed by atoms with Crippen molar-refractivity contribution in [3.8, 4) is 0 Å². The molecule has 20 heavy (non-hydrogen) atoms. The van der Waals surface area contributed by atoms with Crippen molar-refractivity contribution in [3.63, 3.8) is 0 Å². The number of thiol groups is 1. The molecule has 0 aliphatic carbocycles. The van der Waals surface area contributed by atoms with E-state index in [1.807, 2.05) is 0 Å². The van der Waals surface area contributed by atoms with E-state index in [0.717, 1.165) is 3.79 Å². The summed E-state index contributed by atoms with van der Waals surface area (Å²) in [5.74, 6) is 0. The minimum absolute atomic E-state index is 0.398. The van der Waals surface area contributed by atoms with Gasteiger partial charge >= 0.3 is 6.03 Å². The highest BCUT2D eigenvalue weighted by molar-refractivity contribution is 9.11. The molecule has 2 amide bonds. The Morgan fingerprint density at radius 1 is 1.35 bits per heavy atom. The molecule has 0 atom stereocenters. The fraction of sp³-hybridized carbons (Fsp3) is 0. The molecule has 2 rings (SSSR count). The van der Waals surface area contributed by atoms with Crippen LogP contribution in [0.15, 0.2) is 34.2 Å². The normalized spacial score (nSPS) is 10.5. The van der Waals surface area contributed by atoms with Gasteiger partial charge in [-0.2, -0.15) is 0 Å². The molecule has 0 saturated heterocycles. The summed E-state index contributed by atoms with van der Waals surface area (Å²) in [5.41, 5.74) is 6.24. The lowest BCUT2D eigenvalue weighted by atomic mass is 10.3. The van der Waals surface area contributed by atoms with E-state index in [0.29, 0.717) is 16.5 Å². The fourth-order valence-corrected chi connectivity index (χ4v) is 3.04. The molecule has 0 aliphatic rings. The van der Waals surface area contributed by atoms with E-state index in [4.69, 9.17) is 5.73 Å². The van der Waals surface area contributed by atoms with Gasteiger partial charge in [-0.3, -0.25) is 4.72 Å². The number of thiazole rings is 1. The van der Waals surface area contributed by atoms with Crippen LogP contribution < -0.4 is 15.4 Å². The van der Waals surface area contributed by atoms with Gasteiger partial charge in [0.05, 0.1) is 15.7 Å². The lowest BCUT2D eigenvalue weighted by Gasteiger charge is -2.17. The SMILES string of the molecule is NC(=O)N(c1ccc(N[SH](=O)=O)cc1)c1ncc(Br)s1. The quantitative estimate of drug-likeness (QED) is 0.710. The predicted molar refractivity (Wildman–Crippen MR) is 81.9 cm³/mol. The van der Waals surface area contributed by atoms with E-state index in [-0.39, 0.29) is 0 Å². The summed E-state index contributed by atoms with van der Waals surface area (Å²) in [6, 6.07) is 5.52. The van der Waals surface area contributed by atoms with Gasteiger partial charge < -0.3 is 5.73 Å². The Labute approximate surface area is 128 Å². The highest BCUT2D eigenvalue weighted by atomic mass is 79.9. The first-order chi connectivity index (χ1) is 9.47. The number of halogens is 1. The number of primary amides is 1. The maximum atomic E-state index is 11.6. The summed E-state index contributed by atoms with van der Waals surface area (Å²) < 4.78 is 24.1. The number of benzene rings is 1. The summed E-state index contributed by atoms with van der Waals surface area (Å²) in [6.07, 6.45) is 1.56. The van der Waals surface area contributed by atoms with Gasteiger partial charge in [0.25, 0.3) is 0 Å². The first kappa shape index (κ1) is 14.8. The minimum atomic E-state index is -2.73. The van der Waals surface area contributed by atoms with Crippen LogP contribution in [0.1, 0.15) is 0 Å². The number of carbonyl (C=O) groups is 1. The molecule has 0 radical (unpaired) electrons. The summed E-state index contributed by atoms with van der Waals surface area (Å²) in [5, 5.41) is 0.417. The number of anilines is 3. The molecule has 0 aliphatic heterocycles. The summed E-state index contributed by atoms with van der Waals surface area (Å²) in [4.78, 5) is 16.9. The number of hydrogen-bond donors (Lipinski definition) is 3. The number of amides is 2. The molecule has 2 aromatic rings. The average Bonchev–Trinajstić information content (AvgIpc) is 2.77. The third-order valence-electron chi connectivity index (χ3n) is 2.22. The average molecular weight is 377 g/mol.